The lowest BCUT2D eigenvalue weighted by Gasteiger charge is -2.15. The molecular weight excluding hydrogens is 415 g/mol. The van der Waals surface area contributed by atoms with Crippen LogP contribution in [-0.4, -0.2) is 32.2 Å². The molecule has 0 radical (unpaired) electrons. The van der Waals surface area contributed by atoms with Crippen molar-refractivity contribution in [2.45, 2.75) is 10.8 Å². The first-order chi connectivity index (χ1) is 13.8. The van der Waals surface area contributed by atoms with Crippen molar-refractivity contribution in [2.24, 2.45) is 0 Å². The topological polar surface area (TPSA) is 75.7 Å². The number of sulfonamides is 1. The van der Waals surface area contributed by atoms with Gasteiger partial charge in [0.05, 0.1) is 6.54 Å². The fraction of sp³-hybridized carbons (Fsp3) is 0.150. The highest BCUT2D eigenvalue weighted by Crippen LogP contribution is 2.22. The van der Waals surface area contributed by atoms with E-state index in [0.29, 0.717) is 11.5 Å². The van der Waals surface area contributed by atoms with Crippen LogP contribution in [0.15, 0.2) is 70.3 Å². The van der Waals surface area contributed by atoms with Crippen LogP contribution < -0.4 is 10.1 Å². The Balaban J connectivity index is 1.50. The molecular formula is C20H19FN2O4S2. The van der Waals surface area contributed by atoms with E-state index in [4.69, 9.17) is 4.74 Å². The molecule has 1 heterocycles. The molecule has 3 rings (SSSR count). The number of nitrogens with zero attached hydrogens (tertiary/aromatic N) is 1. The van der Waals surface area contributed by atoms with Crippen LogP contribution in [0.2, 0.25) is 0 Å². The summed E-state index contributed by atoms with van der Waals surface area (Å²) in [6.45, 7) is -0.0193. The van der Waals surface area contributed by atoms with Gasteiger partial charge in [-0.3, -0.25) is 4.79 Å². The van der Waals surface area contributed by atoms with E-state index in [1.54, 1.807) is 35.7 Å². The Morgan fingerprint density at radius 2 is 1.69 bits per heavy atom. The summed E-state index contributed by atoms with van der Waals surface area (Å²) in [6, 6.07) is 15.9. The van der Waals surface area contributed by atoms with E-state index < -0.39 is 15.9 Å². The van der Waals surface area contributed by atoms with Gasteiger partial charge in [0.25, 0.3) is 10.0 Å². The van der Waals surface area contributed by atoms with Crippen molar-refractivity contribution < 1.29 is 22.3 Å². The van der Waals surface area contributed by atoms with Crippen LogP contribution in [0.5, 0.6) is 11.5 Å². The number of hydrogen-bond donors (Lipinski definition) is 1. The first kappa shape index (κ1) is 21.0. The molecule has 0 saturated heterocycles. The molecule has 2 aromatic carbocycles. The van der Waals surface area contributed by atoms with E-state index in [1.807, 2.05) is 0 Å². The molecule has 0 spiro atoms. The average Bonchev–Trinajstić information content (AvgIpc) is 3.25. The van der Waals surface area contributed by atoms with Crippen LogP contribution in [-0.2, 0) is 21.4 Å². The lowest BCUT2D eigenvalue weighted by atomic mass is 10.2. The largest absolute Gasteiger partial charge is 0.457 e. The number of benzene rings is 2. The molecule has 3 aromatic rings. The smallest absolute Gasteiger partial charge is 0.252 e. The van der Waals surface area contributed by atoms with Crippen molar-refractivity contribution >= 4 is 27.3 Å². The second-order valence-electron chi connectivity index (χ2n) is 6.17. The molecule has 0 fully saturated rings. The van der Waals surface area contributed by atoms with E-state index in [0.717, 1.165) is 21.2 Å². The van der Waals surface area contributed by atoms with Gasteiger partial charge in [-0.05, 0) is 53.4 Å². The number of thiophene rings is 1. The van der Waals surface area contributed by atoms with Crippen molar-refractivity contribution in [3.63, 3.8) is 0 Å². The van der Waals surface area contributed by atoms with Gasteiger partial charge in [0.2, 0.25) is 5.91 Å². The van der Waals surface area contributed by atoms with E-state index in [-0.39, 0.29) is 23.1 Å². The van der Waals surface area contributed by atoms with Gasteiger partial charge in [0.15, 0.2) is 0 Å². The third-order valence-electron chi connectivity index (χ3n) is 3.99. The summed E-state index contributed by atoms with van der Waals surface area (Å²) >= 11 is 1.11. The number of hydrogen-bond acceptors (Lipinski definition) is 5. The molecule has 0 aliphatic rings. The van der Waals surface area contributed by atoms with E-state index in [9.17, 15) is 17.6 Å². The number of halogens is 1. The van der Waals surface area contributed by atoms with Gasteiger partial charge < -0.3 is 10.1 Å². The Bertz CT molecular complexity index is 1050. The third kappa shape index (κ3) is 5.63. The van der Waals surface area contributed by atoms with Crippen molar-refractivity contribution in [3.8, 4) is 11.5 Å². The van der Waals surface area contributed by atoms with Crippen molar-refractivity contribution in [1.29, 1.82) is 0 Å². The average molecular weight is 435 g/mol. The first-order valence-corrected chi connectivity index (χ1v) is 11.0. The molecule has 0 atom stereocenters. The van der Waals surface area contributed by atoms with E-state index >= 15 is 0 Å². The molecule has 1 aromatic heterocycles. The molecule has 1 N–H and O–H groups in total. The number of amides is 1. The Morgan fingerprint density at radius 3 is 2.28 bits per heavy atom. The molecule has 0 bridgehead atoms. The Hall–Kier alpha value is -2.75. The van der Waals surface area contributed by atoms with Crippen LogP contribution in [0.25, 0.3) is 0 Å². The molecule has 0 aliphatic carbocycles. The molecule has 6 nitrogen and oxygen atoms in total. The minimum Gasteiger partial charge on any atom is -0.457 e. The molecule has 9 heteroatoms. The van der Waals surface area contributed by atoms with Gasteiger partial charge in [-0.15, -0.1) is 11.3 Å². The fourth-order valence-electron chi connectivity index (χ4n) is 2.42. The maximum atomic E-state index is 12.9. The number of carbonyl (C=O) groups excluding carboxylic acids is 1. The number of likely N-dealkylation sites (N-methyl/N-ethyl adjacent to an activating group) is 1. The van der Waals surface area contributed by atoms with Crippen molar-refractivity contribution in [2.75, 3.05) is 13.6 Å². The molecule has 0 unspecified atom stereocenters. The third-order valence-corrected chi connectivity index (χ3v) is 7.16. The number of carbonyl (C=O) groups is 1. The highest BCUT2D eigenvalue weighted by molar-refractivity contribution is 7.91. The maximum Gasteiger partial charge on any atom is 0.252 e. The lowest BCUT2D eigenvalue weighted by Crippen LogP contribution is -2.37. The monoisotopic (exact) mass is 434 g/mol. The summed E-state index contributed by atoms with van der Waals surface area (Å²) < 4.78 is 44.4. The van der Waals surface area contributed by atoms with E-state index in [2.05, 4.69) is 5.32 Å². The van der Waals surface area contributed by atoms with Crippen molar-refractivity contribution in [3.05, 3.63) is 77.4 Å². The Kier molecular flexibility index (Phi) is 6.63. The maximum absolute atomic E-state index is 12.9. The van der Waals surface area contributed by atoms with Gasteiger partial charge in [-0.1, -0.05) is 18.2 Å². The van der Waals surface area contributed by atoms with Crippen molar-refractivity contribution in [1.82, 2.24) is 9.62 Å². The highest BCUT2D eigenvalue weighted by atomic mass is 32.2. The summed E-state index contributed by atoms with van der Waals surface area (Å²) in [5, 5.41) is 4.37. The van der Waals surface area contributed by atoms with Gasteiger partial charge in [-0.2, -0.15) is 4.31 Å². The summed E-state index contributed by atoms with van der Waals surface area (Å²) in [6.07, 6.45) is 0. The van der Waals surface area contributed by atoms with E-state index in [1.165, 1.54) is 37.4 Å². The van der Waals surface area contributed by atoms with Crippen LogP contribution in [0, 0.1) is 5.82 Å². The molecule has 29 heavy (non-hydrogen) atoms. The Morgan fingerprint density at radius 1 is 1.07 bits per heavy atom. The normalized spacial score (nSPS) is 11.4. The predicted molar refractivity (Wildman–Crippen MR) is 109 cm³/mol. The van der Waals surface area contributed by atoms with Gasteiger partial charge in [0, 0.05) is 13.6 Å². The summed E-state index contributed by atoms with van der Waals surface area (Å²) in [4.78, 5) is 12.1. The van der Waals surface area contributed by atoms with Gasteiger partial charge in [0.1, 0.15) is 21.5 Å². The second kappa shape index (κ2) is 9.17. The molecule has 0 saturated carbocycles. The van der Waals surface area contributed by atoms with Crippen LogP contribution in [0.3, 0.4) is 0 Å². The second-order valence-corrected chi connectivity index (χ2v) is 9.39. The minimum atomic E-state index is -3.66. The van der Waals surface area contributed by atoms with Crippen LogP contribution in [0.1, 0.15) is 5.56 Å². The zero-order chi connectivity index (χ0) is 20.9. The summed E-state index contributed by atoms with van der Waals surface area (Å²) in [5.74, 6) is 0.354. The van der Waals surface area contributed by atoms with Crippen LogP contribution in [0.4, 0.5) is 4.39 Å². The van der Waals surface area contributed by atoms with Gasteiger partial charge in [-0.25, -0.2) is 12.8 Å². The predicted octanol–water partition coefficient (Wildman–Crippen LogP) is 3.62. The number of nitrogens with one attached hydrogen (secondary N) is 1. The highest BCUT2D eigenvalue weighted by Gasteiger charge is 2.23. The van der Waals surface area contributed by atoms with Crippen LogP contribution >= 0.6 is 11.3 Å². The zero-order valence-electron chi connectivity index (χ0n) is 15.5. The number of ether oxygens (including phenoxy) is 1. The zero-order valence-corrected chi connectivity index (χ0v) is 17.2. The first-order valence-electron chi connectivity index (χ1n) is 8.63. The SMILES string of the molecule is CN(CC(=O)NCc1ccc(Oc2ccc(F)cc2)cc1)S(=O)(=O)c1cccs1. The van der Waals surface area contributed by atoms with Gasteiger partial charge >= 0.3 is 0 Å². The standard InChI is InChI=1S/C20H19FN2O4S2/c1-23(29(25,26)20-3-2-12-28-20)14-19(24)22-13-15-4-8-17(9-5-15)27-18-10-6-16(21)7-11-18/h2-12H,13-14H2,1H3,(H,22,24). The fourth-order valence-corrected chi connectivity index (χ4v) is 4.75. The number of rotatable bonds is 8. The molecule has 1 amide bonds. The molecule has 0 aliphatic heterocycles. The summed E-state index contributed by atoms with van der Waals surface area (Å²) in [5.41, 5.74) is 0.827. The minimum absolute atomic E-state index is 0.199. The quantitative estimate of drug-likeness (QED) is 0.588. The Labute approximate surface area is 172 Å². The summed E-state index contributed by atoms with van der Waals surface area (Å²) in [7, 11) is -2.29. The lowest BCUT2D eigenvalue weighted by molar-refractivity contribution is -0.121. The molecule has 152 valence electrons.